The summed E-state index contributed by atoms with van der Waals surface area (Å²) in [6.45, 7) is 6.89. The molecular formula is C20H32N4O4S. The fourth-order valence-electron chi connectivity index (χ4n) is 4.84. The molecule has 1 aromatic heterocycles. The lowest BCUT2D eigenvalue weighted by atomic mass is 9.90. The number of sulfone groups is 1. The first-order valence-corrected chi connectivity index (χ1v) is 12.6. The fourth-order valence-corrected chi connectivity index (χ4v) is 6.64. The Bertz CT molecular complexity index is 845. The minimum Gasteiger partial charge on any atom is -0.360 e. The van der Waals surface area contributed by atoms with Gasteiger partial charge in [0.15, 0.2) is 9.84 Å². The second kappa shape index (κ2) is 8.35. The lowest BCUT2D eigenvalue weighted by molar-refractivity contribution is -0.133. The predicted octanol–water partition coefficient (Wildman–Crippen LogP) is 0.878. The quantitative estimate of drug-likeness (QED) is 0.693. The summed E-state index contributed by atoms with van der Waals surface area (Å²) < 4.78 is 29.1. The number of fused-ring (bicyclic) bond motifs is 1. The summed E-state index contributed by atoms with van der Waals surface area (Å²) in [6, 6.07) is -0.0382. The van der Waals surface area contributed by atoms with E-state index in [4.69, 9.17) is 4.52 Å². The Kier molecular flexibility index (Phi) is 5.99. The first-order chi connectivity index (χ1) is 13.9. The maximum absolute atomic E-state index is 12.7. The monoisotopic (exact) mass is 424 g/mol. The van der Waals surface area contributed by atoms with Gasteiger partial charge in [-0.1, -0.05) is 12.1 Å². The summed E-state index contributed by atoms with van der Waals surface area (Å²) in [6.07, 6.45) is 3.36. The molecule has 4 rings (SSSR count). The second-order valence-corrected chi connectivity index (χ2v) is 10.9. The van der Waals surface area contributed by atoms with Crippen molar-refractivity contribution in [2.75, 3.05) is 51.3 Å². The second-order valence-electron chi connectivity index (χ2n) is 8.72. The zero-order valence-electron chi connectivity index (χ0n) is 17.5. The standard InChI is InChI=1S/C20H32N4O4S/c1-3-23-8-6-18-17(12-23)20(28-21-18)15-4-9-24(10-5-15)19(25)13-22(2)16-7-11-29(26,27)14-16/h15-16H,3-14H2,1-2H3/t16-/m1/s1. The number of hydrogen-bond donors (Lipinski definition) is 0. The molecule has 4 heterocycles. The maximum Gasteiger partial charge on any atom is 0.236 e. The highest BCUT2D eigenvalue weighted by molar-refractivity contribution is 7.91. The summed E-state index contributed by atoms with van der Waals surface area (Å²) in [7, 11) is -1.08. The molecule has 0 N–H and O–H groups in total. The van der Waals surface area contributed by atoms with Crippen LogP contribution < -0.4 is 0 Å². The van der Waals surface area contributed by atoms with Gasteiger partial charge in [0.2, 0.25) is 5.91 Å². The first-order valence-electron chi connectivity index (χ1n) is 10.7. The topological polar surface area (TPSA) is 87.0 Å². The van der Waals surface area contributed by atoms with Crippen molar-refractivity contribution in [3.8, 4) is 0 Å². The van der Waals surface area contributed by atoms with Crippen LogP contribution in [0.4, 0.5) is 0 Å². The van der Waals surface area contributed by atoms with Gasteiger partial charge in [-0.15, -0.1) is 0 Å². The highest BCUT2D eigenvalue weighted by Gasteiger charge is 2.34. The minimum atomic E-state index is -2.93. The molecule has 1 aromatic rings. The molecule has 8 nitrogen and oxygen atoms in total. The summed E-state index contributed by atoms with van der Waals surface area (Å²) in [5.41, 5.74) is 2.38. The number of carbonyl (C=O) groups is 1. The molecule has 0 radical (unpaired) electrons. The van der Waals surface area contributed by atoms with Crippen LogP contribution in [0.25, 0.3) is 0 Å². The van der Waals surface area contributed by atoms with E-state index < -0.39 is 9.84 Å². The summed E-state index contributed by atoms with van der Waals surface area (Å²) in [5, 5.41) is 4.31. The van der Waals surface area contributed by atoms with E-state index in [9.17, 15) is 13.2 Å². The van der Waals surface area contributed by atoms with E-state index in [0.29, 0.717) is 25.4 Å². The third-order valence-corrected chi connectivity index (χ3v) is 8.58. The van der Waals surface area contributed by atoms with E-state index in [1.165, 1.54) is 5.56 Å². The zero-order chi connectivity index (χ0) is 20.6. The van der Waals surface area contributed by atoms with Crippen LogP contribution >= 0.6 is 0 Å². The van der Waals surface area contributed by atoms with Gasteiger partial charge in [-0.2, -0.15) is 0 Å². The molecular weight excluding hydrogens is 392 g/mol. The molecule has 0 unspecified atom stereocenters. The van der Waals surface area contributed by atoms with Crippen LogP contribution in [0.2, 0.25) is 0 Å². The molecule has 162 valence electrons. The van der Waals surface area contributed by atoms with Crippen molar-refractivity contribution in [3.63, 3.8) is 0 Å². The van der Waals surface area contributed by atoms with Gasteiger partial charge in [0, 0.05) is 50.1 Å². The van der Waals surface area contributed by atoms with Crippen molar-refractivity contribution in [3.05, 3.63) is 17.0 Å². The fraction of sp³-hybridized carbons (Fsp3) is 0.800. The van der Waals surface area contributed by atoms with E-state index in [1.54, 1.807) is 0 Å². The Hall–Kier alpha value is -1.45. The first kappa shape index (κ1) is 20.8. The number of nitrogens with zero attached hydrogens (tertiary/aromatic N) is 4. The zero-order valence-corrected chi connectivity index (χ0v) is 18.3. The Morgan fingerprint density at radius 1 is 1.24 bits per heavy atom. The number of likely N-dealkylation sites (N-methyl/N-ethyl adjacent to an activating group) is 2. The molecule has 0 aliphatic carbocycles. The molecule has 0 saturated carbocycles. The van der Waals surface area contributed by atoms with Gasteiger partial charge in [-0.25, -0.2) is 8.42 Å². The third-order valence-electron chi connectivity index (χ3n) is 6.83. The molecule has 3 aliphatic heterocycles. The van der Waals surface area contributed by atoms with E-state index >= 15 is 0 Å². The Labute approximate surface area is 173 Å². The van der Waals surface area contributed by atoms with Crippen LogP contribution in [0.5, 0.6) is 0 Å². The molecule has 0 bridgehead atoms. The third kappa shape index (κ3) is 4.51. The number of rotatable bonds is 5. The van der Waals surface area contributed by atoms with Crippen LogP contribution in [0.3, 0.4) is 0 Å². The number of hydrogen-bond acceptors (Lipinski definition) is 7. The van der Waals surface area contributed by atoms with Gasteiger partial charge in [0.1, 0.15) is 5.76 Å². The summed E-state index contributed by atoms with van der Waals surface area (Å²) >= 11 is 0. The summed E-state index contributed by atoms with van der Waals surface area (Å²) in [5.74, 6) is 1.85. The number of amides is 1. The van der Waals surface area contributed by atoms with Gasteiger partial charge in [0.25, 0.3) is 0 Å². The lowest BCUT2D eigenvalue weighted by Gasteiger charge is -2.33. The number of carbonyl (C=O) groups excluding carboxylic acids is 1. The lowest BCUT2D eigenvalue weighted by Crippen LogP contribution is -2.45. The van der Waals surface area contributed by atoms with E-state index in [1.807, 2.05) is 16.8 Å². The number of likely N-dealkylation sites (tertiary alicyclic amines) is 1. The molecule has 9 heteroatoms. The van der Waals surface area contributed by atoms with Gasteiger partial charge in [0.05, 0.1) is 23.7 Å². The van der Waals surface area contributed by atoms with Gasteiger partial charge < -0.3 is 9.42 Å². The van der Waals surface area contributed by atoms with Crippen molar-refractivity contribution in [1.29, 1.82) is 0 Å². The van der Waals surface area contributed by atoms with Crippen LogP contribution in [-0.2, 0) is 27.6 Å². The van der Waals surface area contributed by atoms with Crippen molar-refractivity contribution in [2.45, 2.75) is 51.1 Å². The molecule has 1 atom stereocenters. The highest BCUT2D eigenvalue weighted by atomic mass is 32.2. The van der Waals surface area contributed by atoms with Crippen molar-refractivity contribution in [2.24, 2.45) is 0 Å². The van der Waals surface area contributed by atoms with Crippen LogP contribution in [0.1, 0.15) is 49.1 Å². The Balaban J connectivity index is 1.31. The molecule has 2 saturated heterocycles. The molecule has 0 spiro atoms. The van der Waals surface area contributed by atoms with E-state index in [2.05, 4.69) is 17.0 Å². The Morgan fingerprint density at radius 2 is 2.00 bits per heavy atom. The van der Waals surface area contributed by atoms with Crippen molar-refractivity contribution >= 4 is 15.7 Å². The molecule has 0 aromatic carbocycles. The SMILES string of the molecule is CCN1CCc2noc(C3CCN(C(=O)CN(C)[C@@H]4CCS(=O)(=O)C4)CC3)c2C1. The van der Waals surface area contributed by atoms with Crippen molar-refractivity contribution in [1.82, 2.24) is 19.9 Å². The van der Waals surface area contributed by atoms with E-state index in [0.717, 1.165) is 50.4 Å². The highest BCUT2D eigenvalue weighted by Crippen LogP contribution is 2.34. The van der Waals surface area contributed by atoms with Crippen LogP contribution in [0, 0.1) is 0 Å². The molecule has 3 aliphatic rings. The van der Waals surface area contributed by atoms with Gasteiger partial charge >= 0.3 is 0 Å². The van der Waals surface area contributed by atoms with Gasteiger partial charge in [-0.3, -0.25) is 14.6 Å². The molecule has 29 heavy (non-hydrogen) atoms. The van der Waals surface area contributed by atoms with Crippen LogP contribution in [0.15, 0.2) is 4.52 Å². The predicted molar refractivity (Wildman–Crippen MR) is 109 cm³/mol. The average Bonchev–Trinajstić information content (AvgIpc) is 3.30. The summed E-state index contributed by atoms with van der Waals surface area (Å²) in [4.78, 5) is 19.0. The maximum atomic E-state index is 12.7. The number of aromatic nitrogens is 1. The van der Waals surface area contributed by atoms with Crippen LogP contribution in [-0.4, -0.2) is 91.5 Å². The number of piperidine rings is 1. The normalized spacial score (nSPS) is 25.5. The average molecular weight is 425 g/mol. The van der Waals surface area contributed by atoms with E-state index in [-0.39, 0.29) is 30.0 Å². The van der Waals surface area contributed by atoms with Crippen molar-refractivity contribution < 1.29 is 17.7 Å². The smallest absolute Gasteiger partial charge is 0.236 e. The molecule has 1 amide bonds. The van der Waals surface area contributed by atoms with Gasteiger partial charge in [-0.05, 0) is 32.9 Å². The molecule has 2 fully saturated rings. The minimum absolute atomic E-state index is 0.0382. The Morgan fingerprint density at radius 3 is 2.66 bits per heavy atom. The largest absolute Gasteiger partial charge is 0.360 e.